The highest BCUT2D eigenvalue weighted by atomic mass is 79.9. The van der Waals surface area contributed by atoms with Crippen LogP contribution in [0.2, 0.25) is 0 Å². The van der Waals surface area contributed by atoms with E-state index < -0.39 is 0 Å². The fourth-order valence-corrected chi connectivity index (χ4v) is 3.63. The van der Waals surface area contributed by atoms with Crippen LogP contribution in [-0.2, 0) is 6.42 Å². The number of rotatable bonds is 2. The van der Waals surface area contributed by atoms with Crippen LogP contribution in [0, 0.1) is 13.8 Å². The maximum absolute atomic E-state index is 5.69. The number of ether oxygens (including phenoxy) is 1. The van der Waals surface area contributed by atoms with E-state index in [0.717, 1.165) is 25.2 Å². The van der Waals surface area contributed by atoms with Gasteiger partial charge in [-0.05, 0) is 55.0 Å². The second kappa shape index (κ2) is 5.61. The van der Waals surface area contributed by atoms with Gasteiger partial charge in [0, 0.05) is 0 Å². The van der Waals surface area contributed by atoms with E-state index in [1.54, 1.807) is 0 Å². The van der Waals surface area contributed by atoms with Gasteiger partial charge in [0.2, 0.25) is 0 Å². The van der Waals surface area contributed by atoms with Crippen molar-refractivity contribution in [1.29, 1.82) is 0 Å². The van der Waals surface area contributed by atoms with E-state index >= 15 is 0 Å². The zero-order valence-corrected chi connectivity index (χ0v) is 13.5. The maximum Gasteiger partial charge on any atom is 0.122 e. The lowest BCUT2D eigenvalue weighted by Gasteiger charge is -2.20. The van der Waals surface area contributed by atoms with Gasteiger partial charge >= 0.3 is 0 Å². The number of hydrogen-bond donors (Lipinski definition) is 0. The summed E-state index contributed by atoms with van der Waals surface area (Å²) in [6, 6.07) is 13.2. The molecule has 2 aromatic rings. The monoisotopic (exact) mass is 330 g/mol. The highest BCUT2D eigenvalue weighted by Gasteiger charge is 2.16. The first-order valence-corrected chi connectivity index (χ1v) is 8.03. The molecular formula is C18H19BrO. The standard InChI is InChI=1S/C18H19BrO/c1-12-5-7-16(13(2)10-12)18(19)15-6-8-17-14(11-15)4-3-9-20-17/h5-8,10-11,18H,3-4,9H2,1-2H3. The summed E-state index contributed by atoms with van der Waals surface area (Å²) < 4.78 is 5.69. The van der Waals surface area contributed by atoms with E-state index in [9.17, 15) is 0 Å². The molecule has 0 spiro atoms. The van der Waals surface area contributed by atoms with Crippen molar-refractivity contribution in [2.75, 3.05) is 6.61 Å². The van der Waals surface area contributed by atoms with Crippen molar-refractivity contribution in [2.24, 2.45) is 0 Å². The topological polar surface area (TPSA) is 9.23 Å². The summed E-state index contributed by atoms with van der Waals surface area (Å²) in [4.78, 5) is 0.246. The quantitative estimate of drug-likeness (QED) is 0.695. The fourth-order valence-electron chi connectivity index (χ4n) is 2.83. The minimum atomic E-state index is 0.246. The molecule has 1 unspecified atom stereocenters. The van der Waals surface area contributed by atoms with Gasteiger partial charge in [0.05, 0.1) is 11.4 Å². The molecule has 20 heavy (non-hydrogen) atoms. The van der Waals surface area contributed by atoms with Gasteiger partial charge in [-0.3, -0.25) is 0 Å². The number of hydrogen-bond acceptors (Lipinski definition) is 1. The highest BCUT2D eigenvalue weighted by Crippen LogP contribution is 2.36. The van der Waals surface area contributed by atoms with Crippen LogP contribution in [-0.4, -0.2) is 6.61 Å². The third-order valence-electron chi connectivity index (χ3n) is 3.92. The minimum Gasteiger partial charge on any atom is -0.493 e. The molecule has 1 heterocycles. The molecule has 0 N–H and O–H groups in total. The highest BCUT2D eigenvalue weighted by molar-refractivity contribution is 9.09. The first kappa shape index (κ1) is 13.7. The molecule has 0 aliphatic carbocycles. The summed E-state index contributed by atoms with van der Waals surface area (Å²) in [7, 11) is 0. The van der Waals surface area contributed by atoms with E-state index in [2.05, 4.69) is 66.2 Å². The Kier molecular flexibility index (Phi) is 3.84. The van der Waals surface area contributed by atoms with E-state index in [1.807, 2.05) is 0 Å². The van der Waals surface area contributed by atoms with Gasteiger partial charge in [-0.1, -0.05) is 51.8 Å². The molecule has 1 atom stereocenters. The first-order valence-electron chi connectivity index (χ1n) is 7.12. The van der Waals surface area contributed by atoms with Crippen molar-refractivity contribution in [3.63, 3.8) is 0 Å². The summed E-state index contributed by atoms with van der Waals surface area (Å²) in [5, 5.41) is 0. The van der Waals surface area contributed by atoms with Gasteiger partial charge in [-0.25, -0.2) is 0 Å². The normalized spacial score (nSPS) is 15.3. The molecule has 0 aromatic heterocycles. The molecule has 2 heteroatoms. The van der Waals surface area contributed by atoms with Crippen LogP contribution >= 0.6 is 15.9 Å². The number of halogens is 1. The molecule has 0 saturated carbocycles. The minimum absolute atomic E-state index is 0.246. The average molecular weight is 331 g/mol. The first-order chi connectivity index (χ1) is 9.65. The van der Waals surface area contributed by atoms with Crippen molar-refractivity contribution in [2.45, 2.75) is 31.5 Å². The third-order valence-corrected chi connectivity index (χ3v) is 4.95. The van der Waals surface area contributed by atoms with Crippen molar-refractivity contribution in [1.82, 2.24) is 0 Å². The molecule has 0 fully saturated rings. The predicted octanol–water partition coefficient (Wildman–Crippen LogP) is 5.11. The zero-order chi connectivity index (χ0) is 14.1. The Hall–Kier alpha value is -1.28. The predicted molar refractivity (Wildman–Crippen MR) is 86.9 cm³/mol. The zero-order valence-electron chi connectivity index (χ0n) is 11.9. The Bertz CT molecular complexity index is 633. The fraction of sp³-hybridized carbons (Fsp3) is 0.333. The molecule has 0 bridgehead atoms. The van der Waals surface area contributed by atoms with Gasteiger partial charge in [0.1, 0.15) is 5.75 Å². The lowest BCUT2D eigenvalue weighted by molar-refractivity contribution is 0.288. The Balaban J connectivity index is 1.95. The van der Waals surface area contributed by atoms with Gasteiger partial charge in [0.25, 0.3) is 0 Å². The molecule has 0 amide bonds. The van der Waals surface area contributed by atoms with Gasteiger partial charge in [0.15, 0.2) is 0 Å². The van der Waals surface area contributed by atoms with Crippen LogP contribution in [0.5, 0.6) is 5.75 Å². The molecule has 1 aliphatic rings. The average Bonchev–Trinajstić information content (AvgIpc) is 2.46. The maximum atomic E-state index is 5.69. The second-order valence-corrected chi connectivity index (χ2v) is 6.46. The van der Waals surface area contributed by atoms with Crippen LogP contribution in [0.1, 0.15) is 39.1 Å². The number of benzene rings is 2. The Morgan fingerprint density at radius 1 is 1.10 bits per heavy atom. The van der Waals surface area contributed by atoms with E-state index in [1.165, 1.54) is 27.8 Å². The third kappa shape index (κ3) is 2.62. The Morgan fingerprint density at radius 3 is 2.75 bits per heavy atom. The van der Waals surface area contributed by atoms with E-state index in [0.29, 0.717) is 0 Å². The molecule has 0 radical (unpaired) electrons. The van der Waals surface area contributed by atoms with Crippen LogP contribution < -0.4 is 4.74 Å². The van der Waals surface area contributed by atoms with Crippen molar-refractivity contribution >= 4 is 15.9 Å². The van der Waals surface area contributed by atoms with Crippen molar-refractivity contribution in [3.8, 4) is 5.75 Å². The SMILES string of the molecule is Cc1ccc(C(Br)c2ccc3c(c2)CCCO3)c(C)c1. The van der Waals surface area contributed by atoms with E-state index in [4.69, 9.17) is 4.74 Å². The Labute approximate surface area is 129 Å². The molecule has 1 nitrogen and oxygen atoms in total. The lowest BCUT2D eigenvalue weighted by atomic mass is 9.96. The summed E-state index contributed by atoms with van der Waals surface area (Å²) in [5.41, 5.74) is 6.63. The lowest BCUT2D eigenvalue weighted by Crippen LogP contribution is -2.09. The summed E-state index contributed by atoms with van der Waals surface area (Å²) in [5.74, 6) is 1.06. The largest absolute Gasteiger partial charge is 0.493 e. The molecule has 2 aromatic carbocycles. The molecule has 3 rings (SSSR count). The summed E-state index contributed by atoms with van der Waals surface area (Å²) >= 11 is 3.86. The summed E-state index contributed by atoms with van der Waals surface area (Å²) in [6.45, 7) is 5.16. The van der Waals surface area contributed by atoms with Crippen LogP contribution in [0.15, 0.2) is 36.4 Å². The van der Waals surface area contributed by atoms with Gasteiger partial charge in [-0.15, -0.1) is 0 Å². The number of aryl methyl sites for hydroxylation is 3. The smallest absolute Gasteiger partial charge is 0.122 e. The van der Waals surface area contributed by atoms with Gasteiger partial charge in [-0.2, -0.15) is 0 Å². The molecule has 0 saturated heterocycles. The van der Waals surface area contributed by atoms with Crippen molar-refractivity contribution < 1.29 is 4.74 Å². The number of alkyl halides is 1. The van der Waals surface area contributed by atoms with Crippen LogP contribution in [0.4, 0.5) is 0 Å². The van der Waals surface area contributed by atoms with Crippen LogP contribution in [0.3, 0.4) is 0 Å². The molecular weight excluding hydrogens is 312 g/mol. The van der Waals surface area contributed by atoms with E-state index in [-0.39, 0.29) is 4.83 Å². The summed E-state index contributed by atoms with van der Waals surface area (Å²) in [6.07, 6.45) is 2.24. The van der Waals surface area contributed by atoms with Crippen molar-refractivity contribution in [3.05, 3.63) is 64.2 Å². The van der Waals surface area contributed by atoms with Gasteiger partial charge < -0.3 is 4.74 Å². The Morgan fingerprint density at radius 2 is 1.95 bits per heavy atom. The second-order valence-electron chi connectivity index (χ2n) is 5.54. The molecule has 1 aliphatic heterocycles. The van der Waals surface area contributed by atoms with Crippen LogP contribution in [0.25, 0.3) is 0 Å². The molecule has 104 valence electrons. The number of fused-ring (bicyclic) bond motifs is 1.